The van der Waals surface area contributed by atoms with Gasteiger partial charge in [0.15, 0.2) is 0 Å². The van der Waals surface area contributed by atoms with Crippen molar-refractivity contribution in [2.45, 2.75) is 26.8 Å². The van der Waals surface area contributed by atoms with Crippen LogP contribution in [-0.2, 0) is 6.54 Å². The highest BCUT2D eigenvalue weighted by Crippen LogP contribution is 2.25. The number of rotatable bonds is 5. The third-order valence-electron chi connectivity index (χ3n) is 2.84. The normalized spacial score (nSPS) is 10.7. The molecular formula is C15H19NO. The Hall–Kier alpha value is -1.54. The highest BCUT2D eigenvalue weighted by atomic mass is 16.3. The number of hydrogen-bond donors (Lipinski definition) is 1. The molecule has 2 heteroatoms. The Labute approximate surface area is 103 Å². The molecular weight excluding hydrogens is 210 g/mol. The van der Waals surface area contributed by atoms with Gasteiger partial charge in [-0.1, -0.05) is 30.7 Å². The maximum Gasteiger partial charge on any atom is 0.0981 e. The summed E-state index contributed by atoms with van der Waals surface area (Å²) in [7, 11) is 0. The van der Waals surface area contributed by atoms with Gasteiger partial charge in [0.2, 0.25) is 0 Å². The molecule has 0 radical (unpaired) electrons. The van der Waals surface area contributed by atoms with Crippen LogP contribution < -0.4 is 5.32 Å². The minimum Gasteiger partial charge on any atom is -0.472 e. The zero-order valence-electron chi connectivity index (χ0n) is 10.5. The Bertz CT molecular complexity index is 460. The Kier molecular flexibility index (Phi) is 3.99. The second-order valence-corrected chi connectivity index (χ2v) is 4.35. The number of nitrogens with one attached hydrogen (secondary N) is 1. The number of hydrogen-bond acceptors (Lipinski definition) is 2. The summed E-state index contributed by atoms with van der Waals surface area (Å²) in [5.41, 5.74) is 5.02. The molecule has 0 fully saturated rings. The molecule has 2 rings (SSSR count). The van der Waals surface area contributed by atoms with Crippen molar-refractivity contribution in [3.05, 3.63) is 47.9 Å². The van der Waals surface area contributed by atoms with Crippen LogP contribution in [0, 0.1) is 6.92 Å². The van der Waals surface area contributed by atoms with Crippen LogP contribution in [0.2, 0.25) is 0 Å². The smallest absolute Gasteiger partial charge is 0.0981 e. The molecule has 1 heterocycles. The van der Waals surface area contributed by atoms with Crippen molar-refractivity contribution in [1.82, 2.24) is 5.32 Å². The average molecular weight is 229 g/mol. The van der Waals surface area contributed by atoms with Crippen molar-refractivity contribution >= 4 is 0 Å². The maximum absolute atomic E-state index is 5.17. The molecule has 0 unspecified atom stereocenters. The van der Waals surface area contributed by atoms with Gasteiger partial charge in [0.25, 0.3) is 0 Å². The van der Waals surface area contributed by atoms with Gasteiger partial charge in [-0.25, -0.2) is 0 Å². The van der Waals surface area contributed by atoms with E-state index in [1.165, 1.54) is 16.7 Å². The molecule has 0 saturated heterocycles. The van der Waals surface area contributed by atoms with E-state index in [1.54, 1.807) is 12.5 Å². The standard InChI is InChI=1S/C15H19NO/c1-3-7-16-10-13-5-4-12(2)9-15(13)14-6-8-17-11-14/h4-6,8-9,11,16H,3,7,10H2,1-2H3. The van der Waals surface area contributed by atoms with E-state index in [0.29, 0.717) is 0 Å². The summed E-state index contributed by atoms with van der Waals surface area (Å²) in [5.74, 6) is 0. The molecule has 0 amide bonds. The van der Waals surface area contributed by atoms with Crippen molar-refractivity contribution < 1.29 is 4.42 Å². The zero-order chi connectivity index (χ0) is 12.1. The molecule has 1 N–H and O–H groups in total. The fraction of sp³-hybridized carbons (Fsp3) is 0.333. The summed E-state index contributed by atoms with van der Waals surface area (Å²) >= 11 is 0. The van der Waals surface area contributed by atoms with Crippen LogP contribution in [0.25, 0.3) is 11.1 Å². The number of aryl methyl sites for hydroxylation is 1. The van der Waals surface area contributed by atoms with Gasteiger partial charge < -0.3 is 9.73 Å². The van der Waals surface area contributed by atoms with Crippen LogP contribution in [0.5, 0.6) is 0 Å². The average Bonchev–Trinajstić information content (AvgIpc) is 2.85. The third-order valence-corrected chi connectivity index (χ3v) is 2.84. The zero-order valence-corrected chi connectivity index (χ0v) is 10.5. The first kappa shape index (κ1) is 11.9. The van der Waals surface area contributed by atoms with E-state index in [0.717, 1.165) is 25.1 Å². The lowest BCUT2D eigenvalue weighted by Gasteiger charge is -2.10. The summed E-state index contributed by atoms with van der Waals surface area (Å²) < 4.78 is 5.17. The van der Waals surface area contributed by atoms with Crippen molar-refractivity contribution in [2.24, 2.45) is 0 Å². The van der Waals surface area contributed by atoms with Crippen LogP contribution in [-0.4, -0.2) is 6.54 Å². The summed E-state index contributed by atoms with van der Waals surface area (Å²) in [6.45, 7) is 6.26. The van der Waals surface area contributed by atoms with E-state index in [9.17, 15) is 0 Å². The number of furan rings is 1. The van der Waals surface area contributed by atoms with Crippen LogP contribution in [0.1, 0.15) is 24.5 Å². The third kappa shape index (κ3) is 2.98. The predicted molar refractivity (Wildman–Crippen MR) is 70.9 cm³/mol. The van der Waals surface area contributed by atoms with E-state index in [1.807, 2.05) is 6.07 Å². The maximum atomic E-state index is 5.17. The predicted octanol–water partition coefficient (Wildman–Crippen LogP) is 3.75. The Morgan fingerprint density at radius 3 is 2.82 bits per heavy atom. The molecule has 0 aliphatic rings. The van der Waals surface area contributed by atoms with E-state index in [4.69, 9.17) is 4.42 Å². The molecule has 0 spiro atoms. The first-order valence-electron chi connectivity index (χ1n) is 6.14. The highest BCUT2D eigenvalue weighted by Gasteiger charge is 2.06. The molecule has 2 nitrogen and oxygen atoms in total. The van der Waals surface area contributed by atoms with E-state index in [2.05, 4.69) is 37.4 Å². The minimum atomic E-state index is 0.911. The summed E-state index contributed by atoms with van der Waals surface area (Å²) in [4.78, 5) is 0. The van der Waals surface area contributed by atoms with Gasteiger partial charge in [0.05, 0.1) is 12.5 Å². The molecule has 0 aliphatic heterocycles. The first-order chi connectivity index (χ1) is 8.31. The quantitative estimate of drug-likeness (QED) is 0.790. The monoisotopic (exact) mass is 229 g/mol. The van der Waals surface area contributed by atoms with Gasteiger partial charge >= 0.3 is 0 Å². The first-order valence-corrected chi connectivity index (χ1v) is 6.14. The van der Waals surface area contributed by atoms with Gasteiger partial charge in [0.1, 0.15) is 0 Å². The lowest BCUT2D eigenvalue weighted by Crippen LogP contribution is -2.14. The number of benzene rings is 1. The molecule has 2 aromatic rings. The lowest BCUT2D eigenvalue weighted by atomic mass is 9.99. The molecule has 1 aromatic carbocycles. The van der Waals surface area contributed by atoms with E-state index in [-0.39, 0.29) is 0 Å². The van der Waals surface area contributed by atoms with Crippen molar-refractivity contribution in [1.29, 1.82) is 0 Å². The van der Waals surface area contributed by atoms with Crippen LogP contribution in [0.4, 0.5) is 0 Å². The van der Waals surface area contributed by atoms with Gasteiger partial charge in [-0.2, -0.15) is 0 Å². The Morgan fingerprint density at radius 2 is 2.12 bits per heavy atom. The second kappa shape index (κ2) is 5.69. The van der Waals surface area contributed by atoms with Gasteiger partial charge in [-0.05, 0) is 37.1 Å². The molecule has 0 aliphatic carbocycles. The van der Waals surface area contributed by atoms with Crippen molar-refractivity contribution in [3.63, 3.8) is 0 Å². The Morgan fingerprint density at radius 1 is 1.24 bits per heavy atom. The molecule has 90 valence electrons. The topological polar surface area (TPSA) is 25.2 Å². The Balaban J connectivity index is 2.25. The van der Waals surface area contributed by atoms with E-state index >= 15 is 0 Å². The highest BCUT2D eigenvalue weighted by molar-refractivity contribution is 5.67. The van der Waals surface area contributed by atoms with Crippen LogP contribution >= 0.6 is 0 Å². The summed E-state index contributed by atoms with van der Waals surface area (Å²) in [6, 6.07) is 8.58. The summed E-state index contributed by atoms with van der Waals surface area (Å²) in [5, 5.41) is 3.44. The summed E-state index contributed by atoms with van der Waals surface area (Å²) in [6.07, 6.45) is 4.69. The molecule has 17 heavy (non-hydrogen) atoms. The lowest BCUT2D eigenvalue weighted by molar-refractivity contribution is 0.568. The fourth-order valence-corrected chi connectivity index (χ4v) is 1.93. The van der Waals surface area contributed by atoms with Gasteiger partial charge in [-0.3, -0.25) is 0 Å². The fourth-order valence-electron chi connectivity index (χ4n) is 1.93. The molecule has 1 aromatic heterocycles. The van der Waals surface area contributed by atoms with E-state index < -0.39 is 0 Å². The molecule has 0 saturated carbocycles. The minimum absolute atomic E-state index is 0.911. The molecule has 0 atom stereocenters. The largest absolute Gasteiger partial charge is 0.472 e. The molecule has 0 bridgehead atoms. The second-order valence-electron chi connectivity index (χ2n) is 4.35. The van der Waals surface area contributed by atoms with Gasteiger partial charge in [0, 0.05) is 12.1 Å². The van der Waals surface area contributed by atoms with Gasteiger partial charge in [-0.15, -0.1) is 0 Å². The van der Waals surface area contributed by atoms with Crippen molar-refractivity contribution in [2.75, 3.05) is 6.54 Å². The van der Waals surface area contributed by atoms with Crippen molar-refractivity contribution in [3.8, 4) is 11.1 Å². The van der Waals surface area contributed by atoms with Crippen LogP contribution in [0.3, 0.4) is 0 Å². The van der Waals surface area contributed by atoms with Crippen LogP contribution in [0.15, 0.2) is 41.2 Å². The SMILES string of the molecule is CCCNCc1ccc(C)cc1-c1ccoc1.